The number of rotatable bonds is 2. The summed E-state index contributed by atoms with van der Waals surface area (Å²) in [5, 5.41) is 0. The molecule has 0 aliphatic carbocycles. The Kier molecular flexibility index (Phi) is 4.95. The summed E-state index contributed by atoms with van der Waals surface area (Å²) in [6.07, 6.45) is 0. The molecular formula is C13H17ClN4O4S. The van der Waals surface area contributed by atoms with Crippen molar-refractivity contribution >= 4 is 33.5 Å². The van der Waals surface area contributed by atoms with Crippen molar-refractivity contribution in [2.75, 3.05) is 33.2 Å². The Bertz CT molecular complexity index is 929. The Balaban J connectivity index is 0.00000192. The predicted molar refractivity (Wildman–Crippen MR) is 88.7 cm³/mol. The molecule has 1 aliphatic rings. The number of hydrogen-bond acceptors (Lipinski definition) is 5. The molecule has 0 atom stereocenters. The Morgan fingerprint density at radius 1 is 0.957 bits per heavy atom. The van der Waals surface area contributed by atoms with Crippen molar-refractivity contribution in [3.63, 3.8) is 0 Å². The van der Waals surface area contributed by atoms with E-state index < -0.39 is 21.1 Å². The molecule has 1 saturated heterocycles. The number of nitrogens with one attached hydrogen (secondary N) is 2. The van der Waals surface area contributed by atoms with Crippen molar-refractivity contribution in [2.45, 2.75) is 4.90 Å². The molecule has 1 fully saturated rings. The molecule has 3 rings (SSSR count). The summed E-state index contributed by atoms with van der Waals surface area (Å²) in [5.41, 5.74) is -0.884. The molecule has 0 radical (unpaired) electrons. The van der Waals surface area contributed by atoms with Gasteiger partial charge in [-0.15, -0.1) is 12.4 Å². The molecule has 0 saturated carbocycles. The van der Waals surface area contributed by atoms with Crippen LogP contribution in [0.5, 0.6) is 0 Å². The number of fused-ring (bicyclic) bond motifs is 1. The molecule has 10 heteroatoms. The molecule has 1 aromatic carbocycles. The quantitative estimate of drug-likeness (QED) is 0.707. The lowest BCUT2D eigenvalue weighted by atomic mass is 10.3. The first-order chi connectivity index (χ1) is 10.4. The van der Waals surface area contributed by atoms with E-state index in [1.807, 2.05) is 7.05 Å². The van der Waals surface area contributed by atoms with Crippen LogP contribution in [0.3, 0.4) is 0 Å². The van der Waals surface area contributed by atoms with Crippen molar-refractivity contribution in [3.8, 4) is 0 Å². The van der Waals surface area contributed by atoms with Gasteiger partial charge in [0.05, 0.1) is 15.9 Å². The molecule has 2 heterocycles. The summed E-state index contributed by atoms with van der Waals surface area (Å²) < 4.78 is 26.7. The van der Waals surface area contributed by atoms with Gasteiger partial charge in [-0.3, -0.25) is 9.59 Å². The van der Waals surface area contributed by atoms with Crippen molar-refractivity contribution in [1.82, 2.24) is 19.2 Å². The monoisotopic (exact) mass is 360 g/mol. The summed E-state index contributed by atoms with van der Waals surface area (Å²) in [5.74, 6) is 0. The van der Waals surface area contributed by atoms with Crippen LogP contribution < -0.4 is 11.1 Å². The summed E-state index contributed by atoms with van der Waals surface area (Å²) >= 11 is 0. The number of halogens is 1. The number of piperazine rings is 1. The highest BCUT2D eigenvalue weighted by Crippen LogP contribution is 2.20. The van der Waals surface area contributed by atoms with Crippen molar-refractivity contribution in [2.24, 2.45) is 0 Å². The van der Waals surface area contributed by atoms with E-state index in [0.29, 0.717) is 37.2 Å². The number of aromatic amines is 2. The van der Waals surface area contributed by atoms with Gasteiger partial charge in [0, 0.05) is 26.2 Å². The fourth-order valence-electron chi connectivity index (χ4n) is 2.43. The second-order valence-corrected chi connectivity index (χ2v) is 7.26. The van der Waals surface area contributed by atoms with Crippen LogP contribution in [0.15, 0.2) is 32.7 Å². The van der Waals surface area contributed by atoms with Gasteiger partial charge >= 0.3 is 11.1 Å². The van der Waals surface area contributed by atoms with Crippen LogP contribution in [0.4, 0.5) is 0 Å². The summed E-state index contributed by atoms with van der Waals surface area (Å²) in [6, 6.07) is 4.29. The lowest BCUT2D eigenvalue weighted by Gasteiger charge is -2.31. The van der Waals surface area contributed by atoms with Gasteiger partial charge in [-0.05, 0) is 25.2 Å². The lowest BCUT2D eigenvalue weighted by Crippen LogP contribution is -2.47. The lowest BCUT2D eigenvalue weighted by molar-refractivity contribution is 0.222. The third-order valence-corrected chi connectivity index (χ3v) is 5.69. The van der Waals surface area contributed by atoms with E-state index in [-0.39, 0.29) is 17.3 Å². The first-order valence-corrected chi connectivity index (χ1v) is 8.27. The van der Waals surface area contributed by atoms with Gasteiger partial charge in [-0.1, -0.05) is 0 Å². The maximum atomic E-state index is 12.6. The van der Waals surface area contributed by atoms with Crippen LogP contribution in [0.1, 0.15) is 0 Å². The molecule has 0 amide bonds. The van der Waals surface area contributed by atoms with Gasteiger partial charge < -0.3 is 14.9 Å². The number of benzene rings is 1. The van der Waals surface area contributed by atoms with E-state index >= 15 is 0 Å². The van der Waals surface area contributed by atoms with Crippen LogP contribution in [0, 0.1) is 0 Å². The average molecular weight is 361 g/mol. The Morgan fingerprint density at radius 3 is 2.13 bits per heavy atom. The SMILES string of the molecule is CN1CCN(S(=O)(=O)c2ccc3[nH]c(=O)c(=O)[nH]c3c2)CC1.Cl. The molecule has 8 nitrogen and oxygen atoms in total. The molecule has 0 unspecified atom stereocenters. The summed E-state index contributed by atoms with van der Waals surface area (Å²) in [7, 11) is -1.66. The third kappa shape index (κ3) is 3.32. The Labute approximate surface area is 138 Å². The zero-order chi connectivity index (χ0) is 15.9. The number of nitrogens with zero attached hydrogens (tertiary/aromatic N) is 2. The van der Waals surface area contributed by atoms with E-state index in [9.17, 15) is 18.0 Å². The largest absolute Gasteiger partial charge is 0.316 e. The number of hydrogen-bond donors (Lipinski definition) is 2. The number of aromatic nitrogens is 2. The highest BCUT2D eigenvalue weighted by atomic mass is 35.5. The zero-order valence-electron chi connectivity index (χ0n) is 12.4. The van der Waals surface area contributed by atoms with E-state index in [1.54, 1.807) is 0 Å². The predicted octanol–water partition coefficient (Wildman–Crippen LogP) is -0.426. The first kappa shape index (κ1) is 17.7. The minimum Gasteiger partial charge on any atom is -0.316 e. The zero-order valence-corrected chi connectivity index (χ0v) is 14.0. The molecular weight excluding hydrogens is 344 g/mol. The van der Waals surface area contributed by atoms with Crippen LogP contribution >= 0.6 is 12.4 Å². The standard InChI is InChI=1S/C13H16N4O4S.ClH/c1-16-4-6-17(7-5-16)22(20,21)9-2-3-10-11(8-9)15-13(19)12(18)14-10;/h2-3,8H,4-7H2,1H3,(H,14,18)(H,15,19);1H. The number of likely N-dealkylation sites (N-methyl/N-ethyl adjacent to an activating group) is 1. The van der Waals surface area contributed by atoms with E-state index in [1.165, 1.54) is 22.5 Å². The molecule has 0 bridgehead atoms. The third-order valence-electron chi connectivity index (χ3n) is 3.79. The van der Waals surface area contributed by atoms with Crippen molar-refractivity contribution < 1.29 is 8.42 Å². The summed E-state index contributed by atoms with van der Waals surface area (Å²) in [4.78, 5) is 29.6. The van der Waals surface area contributed by atoms with E-state index in [2.05, 4.69) is 14.9 Å². The highest BCUT2D eigenvalue weighted by molar-refractivity contribution is 7.89. The summed E-state index contributed by atoms with van der Waals surface area (Å²) in [6.45, 7) is 2.21. The molecule has 2 aromatic rings. The van der Waals surface area contributed by atoms with Crippen LogP contribution in [-0.2, 0) is 10.0 Å². The highest BCUT2D eigenvalue weighted by Gasteiger charge is 2.27. The van der Waals surface area contributed by atoms with E-state index in [0.717, 1.165) is 0 Å². The normalized spacial score (nSPS) is 17.1. The van der Waals surface area contributed by atoms with E-state index in [4.69, 9.17) is 0 Å². The van der Waals surface area contributed by atoms with Gasteiger partial charge in [-0.25, -0.2) is 8.42 Å². The average Bonchev–Trinajstić information content (AvgIpc) is 2.48. The fourth-order valence-corrected chi connectivity index (χ4v) is 3.88. The molecule has 126 valence electrons. The van der Waals surface area contributed by atoms with Crippen LogP contribution in [0.2, 0.25) is 0 Å². The minimum absolute atomic E-state index is 0. The van der Waals surface area contributed by atoms with Crippen LogP contribution in [0.25, 0.3) is 11.0 Å². The molecule has 2 N–H and O–H groups in total. The van der Waals surface area contributed by atoms with Gasteiger partial charge in [0.15, 0.2) is 0 Å². The number of H-pyrrole nitrogens is 2. The van der Waals surface area contributed by atoms with Crippen molar-refractivity contribution in [3.05, 3.63) is 38.9 Å². The molecule has 0 spiro atoms. The van der Waals surface area contributed by atoms with Gasteiger partial charge in [-0.2, -0.15) is 4.31 Å². The maximum absolute atomic E-state index is 12.6. The fraction of sp³-hybridized carbons (Fsp3) is 0.385. The maximum Gasteiger partial charge on any atom is 0.314 e. The second kappa shape index (κ2) is 6.44. The van der Waals surface area contributed by atoms with Crippen LogP contribution in [-0.4, -0.2) is 60.8 Å². The Morgan fingerprint density at radius 2 is 1.52 bits per heavy atom. The smallest absolute Gasteiger partial charge is 0.314 e. The molecule has 23 heavy (non-hydrogen) atoms. The van der Waals surface area contributed by atoms with Crippen molar-refractivity contribution in [1.29, 1.82) is 0 Å². The van der Waals surface area contributed by atoms with Gasteiger partial charge in [0.1, 0.15) is 0 Å². The Hall–Kier alpha value is -1.68. The molecule has 1 aliphatic heterocycles. The number of sulfonamides is 1. The topological polar surface area (TPSA) is 106 Å². The van der Waals surface area contributed by atoms with Gasteiger partial charge in [0.25, 0.3) is 0 Å². The molecule has 1 aromatic heterocycles. The first-order valence-electron chi connectivity index (χ1n) is 6.83. The second-order valence-electron chi connectivity index (χ2n) is 5.32. The minimum atomic E-state index is -3.61. The van der Waals surface area contributed by atoms with Gasteiger partial charge in [0.2, 0.25) is 10.0 Å².